The van der Waals surface area contributed by atoms with Gasteiger partial charge in [0.2, 0.25) is 0 Å². The lowest BCUT2D eigenvalue weighted by atomic mass is 9.81. The SMILES string of the molecule is O=C(O)c1ccc(C(=O)NC2(c3ccc(OC(F)(F)F)cc3)CCOc3cccnc32)nc1. The summed E-state index contributed by atoms with van der Waals surface area (Å²) in [6.07, 6.45) is -2.04. The van der Waals surface area contributed by atoms with Gasteiger partial charge in [0.1, 0.15) is 28.4 Å². The van der Waals surface area contributed by atoms with Crippen LogP contribution in [-0.4, -0.2) is 39.9 Å². The monoisotopic (exact) mass is 459 g/mol. The van der Waals surface area contributed by atoms with Crippen LogP contribution in [0.4, 0.5) is 13.2 Å². The number of carboxylic acid groups (broad SMARTS) is 1. The van der Waals surface area contributed by atoms with E-state index in [1.807, 2.05) is 0 Å². The number of benzene rings is 1. The largest absolute Gasteiger partial charge is 0.573 e. The van der Waals surface area contributed by atoms with Crippen molar-refractivity contribution in [2.24, 2.45) is 0 Å². The highest BCUT2D eigenvalue weighted by Crippen LogP contribution is 2.41. The van der Waals surface area contributed by atoms with Gasteiger partial charge in [-0.3, -0.25) is 14.8 Å². The molecule has 1 aromatic carbocycles. The third-order valence-corrected chi connectivity index (χ3v) is 5.06. The smallest absolute Gasteiger partial charge is 0.491 e. The highest BCUT2D eigenvalue weighted by atomic mass is 19.4. The highest BCUT2D eigenvalue weighted by Gasteiger charge is 2.43. The van der Waals surface area contributed by atoms with Crippen molar-refractivity contribution >= 4 is 11.9 Å². The molecule has 0 saturated carbocycles. The molecule has 0 radical (unpaired) electrons. The van der Waals surface area contributed by atoms with Crippen molar-refractivity contribution in [3.63, 3.8) is 0 Å². The number of fused-ring (bicyclic) bond motifs is 1. The number of aromatic nitrogens is 2. The van der Waals surface area contributed by atoms with Gasteiger partial charge >= 0.3 is 12.3 Å². The number of carbonyl (C=O) groups is 2. The number of hydrogen-bond donors (Lipinski definition) is 2. The summed E-state index contributed by atoms with van der Waals surface area (Å²) in [5.74, 6) is -1.81. The lowest BCUT2D eigenvalue weighted by molar-refractivity contribution is -0.274. The van der Waals surface area contributed by atoms with Crippen molar-refractivity contribution in [2.45, 2.75) is 18.3 Å². The highest BCUT2D eigenvalue weighted by molar-refractivity contribution is 5.94. The van der Waals surface area contributed by atoms with Crippen LogP contribution in [-0.2, 0) is 5.54 Å². The van der Waals surface area contributed by atoms with Crippen LogP contribution in [0.2, 0.25) is 0 Å². The van der Waals surface area contributed by atoms with Crippen LogP contribution in [0.3, 0.4) is 0 Å². The number of amides is 1. The molecule has 1 aliphatic rings. The van der Waals surface area contributed by atoms with Gasteiger partial charge in [0.05, 0.1) is 12.2 Å². The second kappa shape index (κ2) is 8.41. The molecule has 3 heterocycles. The molecule has 0 aliphatic carbocycles. The van der Waals surface area contributed by atoms with Gasteiger partial charge in [-0.2, -0.15) is 0 Å². The van der Waals surface area contributed by atoms with Crippen molar-refractivity contribution in [2.75, 3.05) is 6.61 Å². The first-order valence-corrected chi connectivity index (χ1v) is 9.64. The Hall–Kier alpha value is -4.15. The van der Waals surface area contributed by atoms with E-state index in [2.05, 4.69) is 20.0 Å². The Balaban J connectivity index is 1.74. The van der Waals surface area contributed by atoms with E-state index >= 15 is 0 Å². The minimum absolute atomic E-state index is 0.0413. The van der Waals surface area contributed by atoms with E-state index in [0.717, 1.165) is 18.3 Å². The number of carbonyl (C=O) groups excluding carboxylic acids is 1. The Bertz CT molecular complexity index is 1180. The zero-order chi connectivity index (χ0) is 23.6. The first kappa shape index (κ1) is 22.1. The molecule has 1 aliphatic heterocycles. The molecule has 170 valence electrons. The summed E-state index contributed by atoms with van der Waals surface area (Å²) in [6, 6.07) is 11.0. The average Bonchev–Trinajstić information content (AvgIpc) is 2.78. The van der Waals surface area contributed by atoms with Crippen molar-refractivity contribution in [3.8, 4) is 11.5 Å². The molecule has 0 bridgehead atoms. The van der Waals surface area contributed by atoms with E-state index in [9.17, 15) is 22.8 Å². The third kappa shape index (κ3) is 4.56. The summed E-state index contributed by atoms with van der Waals surface area (Å²) in [5.41, 5.74) is -0.539. The van der Waals surface area contributed by atoms with Crippen molar-refractivity contribution in [3.05, 3.63) is 83.4 Å². The normalized spacial score (nSPS) is 17.4. The van der Waals surface area contributed by atoms with Gasteiger partial charge < -0.3 is 19.9 Å². The number of alkyl halides is 3. The van der Waals surface area contributed by atoms with Crippen LogP contribution in [0, 0.1) is 0 Å². The van der Waals surface area contributed by atoms with Gasteiger partial charge in [-0.25, -0.2) is 4.79 Å². The molecule has 11 heteroatoms. The molecule has 3 aromatic rings. The number of carboxylic acids is 1. The zero-order valence-corrected chi connectivity index (χ0v) is 16.8. The standard InChI is InChI=1S/C22H16F3N3O5/c23-22(24,25)33-15-6-4-14(5-7-15)21(9-11-32-17-2-1-10-26-18(17)21)28-19(29)16-8-3-13(12-27-16)20(30)31/h1-8,10,12H,9,11H2,(H,28,29)(H,30,31). The molecule has 33 heavy (non-hydrogen) atoms. The van der Waals surface area contributed by atoms with Gasteiger partial charge in [-0.05, 0) is 42.0 Å². The summed E-state index contributed by atoms with van der Waals surface area (Å²) in [4.78, 5) is 32.4. The molecule has 2 N–H and O–H groups in total. The lowest BCUT2D eigenvalue weighted by Crippen LogP contribution is -2.50. The topological polar surface area (TPSA) is 111 Å². The molecular weight excluding hydrogens is 443 g/mol. The van der Waals surface area contributed by atoms with Crippen LogP contribution in [0.15, 0.2) is 60.9 Å². The van der Waals surface area contributed by atoms with Crippen molar-refractivity contribution in [1.82, 2.24) is 15.3 Å². The Labute approximate surface area is 185 Å². The number of nitrogens with one attached hydrogen (secondary N) is 1. The van der Waals surface area contributed by atoms with E-state index in [-0.39, 0.29) is 24.3 Å². The summed E-state index contributed by atoms with van der Waals surface area (Å²) >= 11 is 0. The predicted molar refractivity (Wildman–Crippen MR) is 107 cm³/mol. The molecule has 1 atom stereocenters. The average molecular weight is 459 g/mol. The summed E-state index contributed by atoms with van der Waals surface area (Å²) in [6.45, 7) is 0.200. The first-order valence-electron chi connectivity index (χ1n) is 9.64. The number of ether oxygens (including phenoxy) is 2. The first-order chi connectivity index (χ1) is 15.7. The maximum absolute atomic E-state index is 13.1. The maximum Gasteiger partial charge on any atom is 0.573 e. The maximum atomic E-state index is 13.1. The lowest BCUT2D eigenvalue weighted by Gasteiger charge is -2.38. The quantitative estimate of drug-likeness (QED) is 0.601. The number of aromatic carboxylic acids is 1. The summed E-state index contributed by atoms with van der Waals surface area (Å²) in [7, 11) is 0. The predicted octanol–water partition coefficient (Wildman–Crippen LogP) is 3.53. The third-order valence-electron chi connectivity index (χ3n) is 5.06. The van der Waals surface area contributed by atoms with Gasteiger partial charge in [-0.15, -0.1) is 13.2 Å². The second-order valence-corrected chi connectivity index (χ2v) is 7.12. The number of halogens is 3. The van der Waals surface area contributed by atoms with Crippen LogP contribution >= 0.6 is 0 Å². The molecule has 4 rings (SSSR count). The molecule has 0 saturated heterocycles. The Morgan fingerprint density at radius 2 is 1.85 bits per heavy atom. The minimum Gasteiger partial charge on any atom is -0.491 e. The summed E-state index contributed by atoms with van der Waals surface area (Å²) < 4.78 is 47.3. The zero-order valence-electron chi connectivity index (χ0n) is 16.8. The Morgan fingerprint density at radius 3 is 2.48 bits per heavy atom. The molecule has 0 spiro atoms. The second-order valence-electron chi connectivity index (χ2n) is 7.12. The van der Waals surface area contributed by atoms with Crippen molar-refractivity contribution in [1.29, 1.82) is 0 Å². The Morgan fingerprint density at radius 1 is 1.09 bits per heavy atom. The van der Waals surface area contributed by atoms with Crippen LogP contribution in [0.25, 0.3) is 0 Å². The van der Waals surface area contributed by atoms with E-state index in [1.165, 1.54) is 30.5 Å². The van der Waals surface area contributed by atoms with Gasteiger partial charge in [0.25, 0.3) is 5.91 Å². The molecule has 1 amide bonds. The fourth-order valence-corrected chi connectivity index (χ4v) is 3.59. The fourth-order valence-electron chi connectivity index (χ4n) is 3.59. The van der Waals surface area contributed by atoms with Gasteiger partial charge in [-0.1, -0.05) is 12.1 Å². The number of hydrogen-bond acceptors (Lipinski definition) is 6. The van der Waals surface area contributed by atoms with E-state index in [0.29, 0.717) is 17.0 Å². The summed E-state index contributed by atoms with van der Waals surface area (Å²) in [5, 5.41) is 11.9. The van der Waals surface area contributed by atoms with Gasteiger partial charge in [0.15, 0.2) is 0 Å². The molecule has 2 aromatic heterocycles. The van der Waals surface area contributed by atoms with Crippen molar-refractivity contribution < 1.29 is 37.3 Å². The molecular formula is C22H16F3N3O5. The number of pyridine rings is 2. The van der Waals surface area contributed by atoms with Crippen LogP contribution < -0.4 is 14.8 Å². The van der Waals surface area contributed by atoms with Crippen LogP contribution in [0.5, 0.6) is 11.5 Å². The van der Waals surface area contributed by atoms with Crippen LogP contribution in [0.1, 0.15) is 38.5 Å². The fraction of sp³-hybridized carbons (Fsp3) is 0.182. The molecule has 8 nitrogen and oxygen atoms in total. The Kier molecular flexibility index (Phi) is 5.62. The number of rotatable bonds is 5. The van der Waals surface area contributed by atoms with E-state index in [4.69, 9.17) is 9.84 Å². The van der Waals surface area contributed by atoms with E-state index in [1.54, 1.807) is 12.1 Å². The number of nitrogens with zero attached hydrogens (tertiary/aromatic N) is 2. The molecule has 1 unspecified atom stereocenters. The van der Waals surface area contributed by atoms with Gasteiger partial charge in [0, 0.05) is 18.8 Å². The molecule has 0 fully saturated rings. The minimum atomic E-state index is -4.84. The van der Waals surface area contributed by atoms with E-state index < -0.39 is 29.5 Å².